The number of rotatable bonds is 2. The lowest BCUT2D eigenvalue weighted by Crippen LogP contribution is -2.33. The standard InChI is InChI=1S/C10H13ClN6/c11-7-3-1-2-4-8(7)13-9-5-12-6-10-14-15-16-17(9)10/h5-8,13H,1-4H2. The van der Waals surface area contributed by atoms with E-state index in [1.54, 1.807) is 16.9 Å². The first kappa shape index (κ1) is 10.7. The smallest absolute Gasteiger partial charge is 0.199 e. The molecule has 2 heterocycles. The minimum atomic E-state index is 0.162. The fourth-order valence-corrected chi connectivity index (χ4v) is 2.56. The van der Waals surface area contributed by atoms with Gasteiger partial charge in [-0.2, -0.15) is 4.52 Å². The summed E-state index contributed by atoms with van der Waals surface area (Å²) < 4.78 is 1.64. The number of anilines is 1. The molecule has 1 saturated carbocycles. The first-order valence-corrected chi connectivity index (χ1v) is 6.21. The summed E-state index contributed by atoms with van der Waals surface area (Å²) in [5.74, 6) is 0.796. The van der Waals surface area contributed by atoms with Gasteiger partial charge in [-0.1, -0.05) is 12.8 Å². The van der Waals surface area contributed by atoms with Crippen molar-refractivity contribution in [1.82, 2.24) is 25.0 Å². The molecule has 0 saturated heterocycles. The van der Waals surface area contributed by atoms with Crippen LogP contribution in [0.2, 0.25) is 0 Å². The molecule has 0 aliphatic heterocycles. The van der Waals surface area contributed by atoms with E-state index in [2.05, 4.69) is 25.8 Å². The lowest BCUT2D eigenvalue weighted by Gasteiger charge is -2.28. The van der Waals surface area contributed by atoms with Crippen molar-refractivity contribution in [2.24, 2.45) is 0 Å². The van der Waals surface area contributed by atoms with Gasteiger partial charge in [-0.15, -0.1) is 16.7 Å². The van der Waals surface area contributed by atoms with Crippen molar-refractivity contribution in [1.29, 1.82) is 0 Å². The van der Waals surface area contributed by atoms with Gasteiger partial charge in [-0.25, -0.2) is 0 Å². The molecular weight excluding hydrogens is 240 g/mol. The fraction of sp³-hybridized carbons (Fsp3) is 0.600. The van der Waals surface area contributed by atoms with Gasteiger partial charge in [0.15, 0.2) is 11.5 Å². The highest BCUT2D eigenvalue weighted by Gasteiger charge is 2.23. The number of nitrogens with one attached hydrogen (secondary N) is 1. The van der Waals surface area contributed by atoms with E-state index in [-0.39, 0.29) is 11.4 Å². The van der Waals surface area contributed by atoms with Crippen LogP contribution in [0.5, 0.6) is 0 Å². The molecule has 2 unspecified atom stereocenters. The van der Waals surface area contributed by atoms with Gasteiger partial charge in [0.25, 0.3) is 0 Å². The van der Waals surface area contributed by atoms with Crippen LogP contribution in [0.4, 0.5) is 5.82 Å². The van der Waals surface area contributed by atoms with Crippen LogP contribution < -0.4 is 5.32 Å². The van der Waals surface area contributed by atoms with E-state index in [4.69, 9.17) is 11.6 Å². The van der Waals surface area contributed by atoms with Crippen LogP contribution in [0.1, 0.15) is 25.7 Å². The Morgan fingerprint density at radius 2 is 2.18 bits per heavy atom. The van der Waals surface area contributed by atoms with Crippen LogP contribution in [-0.2, 0) is 0 Å². The number of halogens is 1. The van der Waals surface area contributed by atoms with Crippen LogP contribution >= 0.6 is 11.6 Å². The summed E-state index contributed by atoms with van der Waals surface area (Å²) in [6.07, 6.45) is 7.90. The molecule has 1 aliphatic carbocycles. The minimum absolute atomic E-state index is 0.162. The molecule has 0 bridgehead atoms. The number of nitrogens with zero attached hydrogens (tertiary/aromatic N) is 5. The van der Waals surface area contributed by atoms with Gasteiger partial charge < -0.3 is 5.32 Å². The normalized spacial score (nSPS) is 25.0. The minimum Gasteiger partial charge on any atom is -0.364 e. The van der Waals surface area contributed by atoms with Gasteiger partial charge in [-0.05, 0) is 23.3 Å². The summed E-state index contributed by atoms with van der Waals surface area (Å²) in [6, 6.07) is 0.266. The van der Waals surface area contributed by atoms with E-state index in [1.165, 1.54) is 12.8 Å². The Morgan fingerprint density at radius 1 is 1.29 bits per heavy atom. The second-order valence-electron chi connectivity index (χ2n) is 4.29. The highest BCUT2D eigenvalue weighted by Crippen LogP contribution is 2.25. The van der Waals surface area contributed by atoms with Crippen molar-refractivity contribution in [3.63, 3.8) is 0 Å². The predicted molar refractivity (Wildman–Crippen MR) is 64.1 cm³/mol. The summed E-state index contributed by atoms with van der Waals surface area (Å²) >= 11 is 6.31. The Hall–Kier alpha value is -1.43. The van der Waals surface area contributed by atoms with Crippen molar-refractivity contribution in [2.45, 2.75) is 37.1 Å². The molecule has 0 amide bonds. The van der Waals surface area contributed by atoms with Crippen molar-refractivity contribution in [3.8, 4) is 0 Å². The van der Waals surface area contributed by atoms with E-state index in [9.17, 15) is 0 Å². The SMILES string of the molecule is ClC1CCCCC1Nc1cncc2nnnn12. The van der Waals surface area contributed by atoms with Gasteiger partial charge in [0.2, 0.25) is 0 Å². The van der Waals surface area contributed by atoms with Crippen LogP contribution in [-0.4, -0.2) is 36.4 Å². The van der Waals surface area contributed by atoms with E-state index >= 15 is 0 Å². The molecule has 0 aromatic carbocycles. The molecule has 3 rings (SSSR count). The van der Waals surface area contributed by atoms with Crippen LogP contribution in [0, 0.1) is 0 Å². The lowest BCUT2D eigenvalue weighted by molar-refractivity contribution is 0.467. The topological polar surface area (TPSA) is 68.0 Å². The molecule has 6 nitrogen and oxygen atoms in total. The van der Waals surface area contributed by atoms with E-state index in [0.717, 1.165) is 18.7 Å². The third-order valence-corrected chi connectivity index (χ3v) is 3.65. The van der Waals surface area contributed by atoms with Crippen molar-refractivity contribution in [2.75, 3.05) is 5.32 Å². The number of hydrogen-bond donors (Lipinski definition) is 1. The van der Waals surface area contributed by atoms with E-state index in [0.29, 0.717) is 5.65 Å². The number of tetrazole rings is 1. The number of hydrogen-bond acceptors (Lipinski definition) is 5. The zero-order valence-electron chi connectivity index (χ0n) is 9.25. The number of aromatic nitrogens is 5. The summed E-state index contributed by atoms with van der Waals surface area (Å²) in [7, 11) is 0. The first-order valence-electron chi connectivity index (χ1n) is 5.77. The summed E-state index contributed by atoms with van der Waals surface area (Å²) in [5.41, 5.74) is 0.636. The molecule has 1 N–H and O–H groups in total. The highest BCUT2D eigenvalue weighted by molar-refractivity contribution is 6.21. The zero-order chi connectivity index (χ0) is 11.7. The molecule has 0 radical (unpaired) electrons. The van der Waals surface area contributed by atoms with Crippen molar-refractivity contribution >= 4 is 23.1 Å². The van der Waals surface area contributed by atoms with Gasteiger partial charge in [-0.3, -0.25) is 4.98 Å². The summed E-state index contributed by atoms with van der Waals surface area (Å²) in [6.45, 7) is 0. The Morgan fingerprint density at radius 3 is 3.06 bits per heavy atom. The molecule has 2 atom stereocenters. The third-order valence-electron chi connectivity index (χ3n) is 3.12. The number of fused-ring (bicyclic) bond motifs is 1. The molecule has 2 aromatic rings. The maximum atomic E-state index is 6.31. The molecule has 90 valence electrons. The van der Waals surface area contributed by atoms with Crippen LogP contribution in [0.25, 0.3) is 5.65 Å². The Balaban J connectivity index is 1.86. The fourth-order valence-electron chi connectivity index (χ4n) is 2.21. The van der Waals surface area contributed by atoms with Gasteiger partial charge in [0.05, 0.1) is 17.8 Å². The molecule has 7 heteroatoms. The monoisotopic (exact) mass is 252 g/mol. The molecular formula is C10H13ClN6. The van der Waals surface area contributed by atoms with Gasteiger partial charge in [0.1, 0.15) is 0 Å². The molecule has 17 heavy (non-hydrogen) atoms. The van der Waals surface area contributed by atoms with Crippen LogP contribution in [0.15, 0.2) is 12.4 Å². The molecule has 1 fully saturated rings. The Labute approximate surface area is 103 Å². The second kappa shape index (κ2) is 4.44. The van der Waals surface area contributed by atoms with E-state index in [1.807, 2.05) is 0 Å². The average Bonchev–Trinajstić information content (AvgIpc) is 2.81. The van der Waals surface area contributed by atoms with Crippen molar-refractivity contribution in [3.05, 3.63) is 12.4 Å². The quantitative estimate of drug-likeness (QED) is 0.820. The van der Waals surface area contributed by atoms with E-state index < -0.39 is 0 Å². The summed E-state index contributed by atoms with van der Waals surface area (Å²) in [5, 5.41) is 14.9. The highest BCUT2D eigenvalue weighted by atomic mass is 35.5. The molecule has 1 aliphatic rings. The average molecular weight is 253 g/mol. The lowest BCUT2D eigenvalue weighted by atomic mass is 9.95. The first-order chi connectivity index (χ1) is 8.34. The van der Waals surface area contributed by atoms with Gasteiger partial charge in [0, 0.05) is 6.04 Å². The Bertz CT molecular complexity index is 512. The number of alkyl halides is 1. The van der Waals surface area contributed by atoms with Gasteiger partial charge >= 0.3 is 0 Å². The van der Waals surface area contributed by atoms with Crippen molar-refractivity contribution < 1.29 is 0 Å². The second-order valence-corrected chi connectivity index (χ2v) is 4.85. The Kier molecular flexibility index (Phi) is 2.80. The summed E-state index contributed by atoms with van der Waals surface area (Å²) in [4.78, 5) is 4.11. The molecule has 2 aromatic heterocycles. The maximum Gasteiger partial charge on any atom is 0.199 e. The molecule has 0 spiro atoms. The predicted octanol–water partition coefficient (Wildman–Crippen LogP) is 1.48. The zero-order valence-corrected chi connectivity index (χ0v) is 10.0. The van der Waals surface area contributed by atoms with Crippen LogP contribution in [0.3, 0.4) is 0 Å². The third kappa shape index (κ3) is 2.04. The largest absolute Gasteiger partial charge is 0.364 e. The maximum absolute atomic E-state index is 6.31.